The molecule has 0 saturated carbocycles. The Hall–Kier alpha value is -1.36. The number of carbonyl (C=O) groups is 1. The zero-order valence-corrected chi connectivity index (χ0v) is 11.3. The molecule has 1 saturated heterocycles. The number of hydrogen-bond acceptors (Lipinski definition) is 3. The van der Waals surface area contributed by atoms with Gasteiger partial charge in [0.15, 0.2) is 5.69 Å². The molecule has 18 heavy (non-hydrogen) atoms. The van der Waals surface area contributed by atoms with Gasteiger partial charge in [-0.2, -0.15) is 5.10 Å². The monoisotopic (exact) mass is 251 g/mol. The van der Waals surface area contributed by atoms with Gasteiger partial charge in [0, 0.05) is 31.7 Å². The lowest BCUT2D eigenvalue weighted by Crippen LogP contribution is -2.45. The summed E-state index contributed by atoms with van der Waals surface area (Å²) in [5.74, 6) is 0.163. The van der Waals surface area contributed by atoms with Crippen molar-refractivity contribution in [3.63, 3.8) is 0 Å². The van der Waals surface area contributed by atoms with Crippen LogP contribution in [0.5, 0.6) is 0 Å². The fourth-order valence-corrected chi connectivity index (χ4v) is 2.43. The molecule has 2 heterocycles. The van der Waals surface area contributed by atoms with Gasteiger partial charge in [-0.05, 0) is 25.8 Å². The van der Waals surface area contributed by atoms with E-state index in [1.165, 1.54) is 0 Å². The van der Waals surface area contributed by atoms with E-state index in [9.17, 15) is 9.90 Å². The predicted octanol–water partition coefficient (Wildman–Crippen LogP) is 0.962. The van der Waals surface area contributed by atoms with Crippen LogP contribution in [0.2, 0.25) is 0 Å². The molecule has 2 rings (SSSR count). The van der Waals surface area contributed by atoms with Gasteiger partial charge in [0.2, 0.25) is 0 Å². The summed E-state index contributed by atoms with van der Waals surface area (Å²) >= 11 is 0. The van der Waals surface area contributed by atoms with Crippen LogP contribution in [0.1, 0.15) is 35.9 Å². The highest BCUT2D eigenvalue weighted by atomic mass is 16.3. The third-order valence-corrected chi connectivity index (χ3v) is 3.84. The first kappa shape index (κ1) is 13.1. The molecule has 1 N–H and O–H groups in total. The Balaban J connectivity index is 2.10. The summed E-state index contributed by atoms with van der Waals surface area (Å²) in [6.45, 7) is 5.23. The summed E-state index contributed by atoms with van der Waals surface area (Å²) in [6, 6.07) is 1.81. The molecule has 1 aliphatic heterocycles. The van der Waals surface area contributed by atoms with Crippen molar-refractivity contribution in [2.45, 2.75) is 32.8 Å². The number of aromatic nitrogens is 2. The van der Waals surface area contributed by atoms with Gasteiger partial charge in [-0.1, -0.05) is 6.92 Å². The molecule has 5 nitrogen and oxygen atoms in total. The summed E-state index contributed by atoms with van der Waals surface area (Å²) in [4.78, 5) is 14.1. The fraction of sp³-hybridized carbons (Fsp3) is 0.692. The van der Waals surface area contributed by atoms with Crippen molar-refractivity contribution in [3.05, 3.63) is 17.5 Å². The van der Waals surface area contributed by atoms with Gasteiger partial charge in [0.1, 0.15) is 0 Å². The number of aliphatic hydroxyl groups excluding tert-OH is 1. The van der Waals surface area contributed by atoms with Gasteiger partial charge < -0.3 is 10.0 Å². The third kappa shape index (κ3) is 2.41. The highest BCUT2D eigenvalue weighted by Gasteiger charge is 2.30. The Morgan fingerprint density at radius 2 is 2.33 bits per heavy atom. The number of aryl methyl sites for hydroxylation is 2. The second-order valence-electron chi connectivity index (χ2n) is 5.07. The first-order chi connectivity index (χ1) is 8.52. The van der Waals surface area contributed by atoms with Crippen LogP contribution in [0.4, 0.5) is 0 Å². The van der Waals surface area contributed by atoms with Gasteiger partial charge in [0.05, 0.1) is 6.10 Å². The minimum Gasteiger partial charge on any atom is -0.393 e. The van der Waals surface area contributed by atoms with E-state index in [4.69, 9.17) is 0 Å². The second kappa shape index (κ2) is 5.10. The molecule has 5 heteroatoms. The van der Waals surface area contributed by atoms with Crippen LogP contribution in [0, 0.1) is 12.8 Å². The molecule has 0 aliphatic carbocycles. The summed E-state index contributed by atoms with van der Waals surface area (Å²) in [5, 5.41) is 14.0. The Kier molecular flexibility index (Phi) is 3.71. The molecule has 0 bridgehead atoms. The number of hydrogen-bond donors (Lipinski definition) is 1. The predicted molar refractivity (Wildman–Crippen MR) is 68.3 cm³/mol. The lowest BCUT2D eigenvalue weighted by Gasteiger charge is -2.35. The summed E-state index contributed by atoms with van der Waals surface area (Å²) in [5.41, 5.74) is 1.48. The third-order valence-electron chi connectivity index (χ3n) is 3.84. The van der Waals surface area contributed by atoms with Crippen molar-refractivity contribution in [1.82, 2.24) is 14.7 Å². The summed E-state index contributed by atoms with van der Waals surface area (Å²) in [7, 11) is 1.83. The number of carbonyl (C=O) groups excluding carboxylic acids is 1. The molecule has 100 valence electrons. The van der Waals surface area contributed by atoms with Gasteiger partial charge in [-0.15, -0.1) is 0 Å². The standard InChI is InChI=1S/C13H21N3O2/c1-4-10-8-16(6-5-12(10)17)13(18)11-7-9(2)15(3)14-11/h7,10,12,17H,4-6,8H2,1-3H3. The van der Waals surface area contributed by atoms with Crippen molar-refractivity contribution in [2.24, 2.45) is 13.0 Å². The van der Waals surface area contributed by atoms with Crippen LogP contribution < -0.4 is 0 Å². The average molecular weight is 251 g/mol. The molecular weight excluding hydrogens is 230 g/mol. The van der Waals surface area contributed by atoms with E-state index in [1.54, 1.807) is 4.68 Å². The maximum absolute atomic E-state index is 12.3. The number of aliphatic hydroxyl groups is 1. The van der Waals surface area contributed by atoms with Crippen LogP contribution in [0.25, 0.3) is 0 Å². The molecule has 0 spiro atoms. The van der Waals surface area contributed by atoms with Crippen LogP contribution in [-0.4, -0.2) is 44.9 Å². The highest BCUT2D eigenvalue weighted by Crippen LogP contribution is 2.21. The minimum absolute atomic E-state index is 0.0240. The number of rotatable bonds is 2. The summed E-state index contributed by atoms with van der Waals surface area (Å²) < 4.78 is 1.71. The van der Waals surface area contributed by atoms with Crippen molar-refractivity contribution < 1.29 is 9.90 Å². The van der Waals surface area contributed by atoms with Gasteiger partial charge in [-0.3, -0.25) is 9.48 Å². The van der Waals surface area contributed by atoms with Crippen LogP contribution in [0.3, 0.4) is 0 Å². The zero-order valence-electron chi connectivity index (χ0n) is 11.3. The average Bonchev–Trinajstić information content (AvgIpc) is 2.69. The molecule has 0 radical (unpaired) electrons. The SMILES string of the molecule is CCC1CN(C(=O)c2cc(C)n(C)n2)CCC1O. The van der Waals surface area contributed by atoms with E-state index in [0.717, 1.165) is 12.1 Å². The Labute approximate surface area is 107 Å². The first-order valence-electron chi connectivity index (χ1n) is 6.51. The van der Waals surface area contributed by atoms with Gasteiger partial charge in [-0.25, -0.2) is 0 Å². The first-order valence-corrected chi connectivity index (χ1v) is 6.51. The van der Waals surface area contributed by atoms with Crippen LogP contribution >= 0.6 is 0 Å². The summed E-state index contributed by atoms with van der Waals surface area (Å²) in [6.07, 6.45) is 1.28. The lowest BCUT2D eigenvalue weighted by atomic mass is 9.92. The fourth-order valence-electron chi connectivity index (χ4n) is 2.43. The molecule has 1 aromatic heterocycles. The quantitative estimate of drug-likeness (QED) is 0.851. The largest absolute Gasteiger partial charge is 0.393 e. The topological polar surface area (TPSA) is 58.4 Å². The van der Waals surface area contributed by atoms with Crippen molar-refractivity contribution in [3.8, 4) is 0 Å². The maximum atomic E-state index is 12.3. The van der Waals surface area contributed by atoms with Gasteiger partial charge >= 0.3 is 0 Å². The van der Waals surface area contributed by atoms with Crippen LogP contribution in [0.15, 0.2) is 6.07 Å². The second-order valence-corrected chi connectivity index (χ2v) is 5.07. The number of amides is 1. The molecule has 1 amide bonds. The van der Waals surface area contributed by atoms with E-state index in [1.807, 2.05) is 31.9 Å². The number of likely N-dealkylation sites (tertiary alicyclic amines) is 1. The highest BCUT2D eigenvalue weighted by molar-refractivity contribution is 5.92. The van der Waals surface area contributed by atoms with Crippen molar-refractivity contribution in [1.29, 1.82) is 0 Å². The molecule has 1 aromatic rings. The lowest BCUT2D eigenvalue weighted by molar-refractivity contribution is 0.0225. The smallest absolute Gasteiger partial charge is 0.274 e. The zero-order chi connectivity index (χ0) is 13.3. The van der Waals surface area contributed by atoms with Crippen molar-refractivity contribution >= 4 is 5.91 Å². The van der Waals surface area contributed by atoms with Gasteiger partial charge in [0.25, 0.3) is 5.91 Å². The molecule has 1 fully saturated rings. The molecule has 0 aromatic carbocycles. The number of piperidine rings is 1. The number of nitrogens with zero attached hydrogens (tertiary/aromatic N) is 3. The molecule has 1 aliphatic rings. The van der Waals surface area contributed by atoms with E-state index in [0.29, 0.717) is 25.2 Å². The van der Waals surface area contributed by atoms with E-state index in [2.05, 4.69) is 5.10 Å². The van der Waals surface area contributed by atoms with E-state index in [-0.39, 0.29) is 17.9 Å². The Morgan fingerprint density at radius 3 is 2.89 bits per heavy atom. The van der Waals surface area contributed by atoms with Crippen LogP contribution in [-0.2, 0) is 7.05 Å². The van der Waals surface area contributed by atoms with E-state index < -0.39 is 0 Å². The van der Waals surface area contributed by atoms with Crippen molar-refractivity contribution in [2.75, 3.05) is 13.1 Å². The maximum Gasteiger partial charge on any atom is 0.274 e. The normalized spacial score (nSPS) is 24.3. The molecule has 2 unspecified atom stereocenters. The minimum atomic E-state index is -0.274. The van der Waals surface area contributed by atoms with E-state index >= 15 is 0 Å². The molecule has 2 atom stereocenters. The Bertz CT molecular complexity index is 422. The Morgan fingerprint density at radius 1 is 1.61 bits per heavy atom. The molecular formula is C13H21N3O2.